The first-order chi connectivity index (χ1) is 8.01. The minimum Gasteiger partial charge on any atom is -0.494 e. The van der Waals surface area contributed by atoms with Crippen LogP contribution in [0.4, 0.5) is 0 Å². The zero-order valence-corrected chi connectivity index (χ0v) is 11.5. The van der Waals surface area contributed by atoms with Crippen LogP contribution >= 0.6 is 0 Å². The fourth-order valence-electron chi connectivity index (χ4n) is 1.67. The minimum atomic E-state index is 0.221. The van der Waals surface area contributed by atoms with Gasteiger partial charge in [0.25, 0.3) is 0 Å². The van der Waals surface area contributed by atoms with Crippen molar-refractivity contribution in [1.82, 2.24) is 5.32 Å². The molecule has 0 unspecified atom stereocenters. The summed E-state index contributed by atoms with van der Waals surface area (Å²) in [4.78, 5) is 0. The van der Waals surface area contributed by atoms with Crippen LogP contribution in [0.1, 0.15) is 39.7 Å². The number of benzene rings is 1. The Balaban J connectivity index is 2.27. The third-order valence-electron chi connectivity index (χ3n) is 2.53. The normalized spacial score (nSPS) is 11.5. The Bertz CT molecular complexity index is 311. The van der Waals surface area contributed by atoms with Gasteiger partial charge in [0.15, 0.2) is 0 Å². The summed E-state index contributed by atoms with van der Waals surface area (Å²) in [6, 6.07) is 8.41. The van der Waals surface area contributed by atoms with Gasteiger partial charge < -0.3 is 10.1 Å². The molecule has 1 rings (SSSR count). The molecule has 0 heterocycles. The van der Waals surface area contributed by atoms with E-state index in [-0.39, 0.29) is 5.54 Å². The maximum absolute atomic E-state index is 5.42. The molecular weight excluding hydrogens is 210 g/mol. The Hall–Kier alpha value is -1.02. The maximum Gasteiger partial charge on any atom is 0.119 e. The molecule has 1 aromatic rings. The summed E-state index contributed by atoms with van der Waals surface area (Å²) in [6.45, 7) is 10.4. The fraction of sp³-hybridized carbons (Fsp3) is 0.600. The summed E-state index contributed by atoms with van der Waals surface area (Å²) in [5, 5.41) is 3.50. The van der Waals surface area contributed by atoms with Crippen LogP contribution in [0.5, 0.6) is 5.75 Å². The van der Waals surface area contributed by atoms with Gasteiger partial charge in [0.1, 0.15) is 5.75 Å². The van der Waals surface area contributed by atoms with E-state index in [0.717, 1.165) is 25.3 Å². The molecule has 2 nitrogen and oxygen atoms in total. The lowest BCUT2D eigenvalue weighted by atomic mass is 10.1. The predicted molar refractivity (Wildman–Crippen MR) is 73.7 cm³/mol. The molecule has 0 atom stereocenters. The highest BCUT2D eigenvalue weighted by molar-refractivity contribution is 5.27. The maximum atomic E-state index is 5.42. The minimum absolute atomic E-state index is 0.221. The summed E-state index contributed by atoms with van der Waals surface area (Å²) >= 11 is 0. The number of ether oxygens (including phenoxy) is 1. The third kappa shape index (κ3) is 6.32. The van der Waals surface area contributed by atoms with Crippen LogP contribution in [0.15, 0.2) is 24.3 Å². The van der Waals surface area contributed by atoms with E-state index in [1.807, 2.05) is 6.92 Å². The Morgan fingerprint density at radius 2 is 1.76 bits per heavy atom. The van der Waals surface area contributed by atoms with Crippen molar-refractivity contribution in [3.8, 4) is 5.75 Å². The van der Waals surface area contributed by atoms with E-state index in [4.69, 9.17) is 4.74 Å². The highest BCUT2D eigenvalue weighted by atomic mass is 16.5. The summed E-state index contributed by atoms with van der Waals surface area (Å²) < 4.78 is 5.42. The SMILES string of the molecule is CCOc1ccc(CCCNC(C)(C)C)cc1. The number of aryl methyl sites for hydroxylation is 1. The average molecular weight is 235 g/mol. The van der Waals surface area contributed by atoms with Gasteiger partial charge >= 0.3 is 0 Å². The summed E-state index contributed by atoms with van der Waals surface area (Å²) in [7, 11) is 0. The van der Waals surface area contributed by atoms with Gasteiger partial charge in [0.2, 0.25) is 0 Å². The molecule has 0 aromatic heterocycles. The molecule has 1 N–H and O–H groups in total. The Morgan fingerprint density at radius 1 is 1.12 bits per heavy atom. The van der Waals surface area contributed by atoms with Crippen molar-refractivity contribution in [2.45, 2.75) is 46.1 Å². The molecule has 2 heteroatoms. The van der Waals surface area contributed by atoms with E-state index < -0.39 is 0 Å². The van der Waals surface area contributed by atoms with E-state index in [1.54, 1.807) is 0 Å². The lowest BCUT2D eigenvalue weighted by molar-refractivity contribution is 0.340. The van der Waals surface area contributed by atoms with Crippen LogP contribution in [0.25, 0.3) is 0 Å². The Morgan fingerprint density at radius 3 is 2.29 bits per heavy atom. The molecule has 0 spiro atoms. The molecule has 0 amide bonds. The molecular formula is C15H25NO. The first-order valence-corrected chi connectivity index (χ1v) is 6.48. The van der Waals surface area contributed by atoms with Gasteiger partial charge in [-0.2, -0.15) is 0 Å². The van der Waals surface area contributed by atoms with Gasteiger partial charge in [-0.25, -0.2) is 0 Å². The topological polar surface area (TPSA) is 21.3 Å². The quantitative estimate of drug-likeness (QED) is 0.763. The Kier molecular flexibility index (Phi) is 5.49. The van der Waals surface area contributed by atoms with Crippen LogP contribution in [0, 0.1) is 0 Å². The van der Waals surface area contributed by atoms with Crippen molar-refractivity contribution < 1.29 is 4.74 Å². The van der Waals surface area contributed by atoms with Crippen molar-refractivity contribution >= 4 is 0 Å². The van der Waals surface area contributed by atoms with E-state index >= 15 is 0 Å². The van der Waals surface area contributed by atoms with Crippen LogP contribution in [-0.2, 0) is 6.42 Å². The smallest absolute Gasteiger partial charge is 0.119 e. The molecule has 0 aliphatic rings. The van der Waals surface area contributed by atoms with Crippen LogP contribution < -0.4 is 10.1 Å². The zero-order chi connectivity index (χ0) is 12.7. The first-order valence-electron chi connectivity index (χ1n) is 6.48. The fourth-order valence-corrected chi connectivity index (χ4v) is 1.67. The summed E-state index contributed by atoms with van der Waals surface area (Å²) in [6.07, 6.45) is 2.29. The van der Waals surface area contributed by atoms with Crippen molar-refractivity contribution in [3.63, 3.8) is 0 Å². The predicted octanol–water partition coefficient (Wildman–Crippen LogP) is 3.41. The molecule has 0 bridgehead atoms. The lowest BCUT2D eigenvalue weighted by Crippen LogP contribution is -2.36. The van der Waals surface area contributed by atoms with Gasteiger partial charge in [0.05, 0.1) is 6.61 Å². The van der Waals surface area contributed by atoms with E-state index in [2.05, 4.69) is 50.4 Å². The molecule has 0 aliphatic carbocycles. The number of nitrogens with one attached hydrogen (secondary N) is 1. The van der Waals surface area contributed by atoms with E-state index in [1.165, 1.54) is 12.0 Å². The summed E-state index contributed by atoms with van der Waals surface area (Å²) in [5.41, 5.74) is 1.60. The van der Waals surface area contributed by atoms with Crippen LogP contribution in [0.2, 0.25) is 0 Å². The van der Waals surface area contributed by atoms with Gasteiger partial charge in [-0.15, -0.1) is 0 Å². The zero-order valence-electron chi connectivity index (χ0n) is 11.5. The van der Waals surface area contributed by atoms with Gasteiger partial charge in [0, 0.05) is 5.54 Å². The van der Waals surface area contributed by atoms with Gasteiger partial charge in [-0.3, -0.25) is 0 Å². The average Bonchev–Trinajstić information content (AvgIpc) is 2.26. The molecule has 0 saturated heterocycles. The third-order valence-corrected chi connectivity index (χ3v) is 2.53. The second kappa shape index (κ2) is 6.65. The van der Waals surface area contributed by atoms with E-state index in [9.17, 15) is 0 Å². The largest absolute Gasteiger partial charge is 0.494 e. The highest BCUT2D eigenvalue weighted by Gasteiger charge is 2.07. The molecule has 0 fully saturated rings. The number of rotatable bonds is 6. The molecule has 17 heavy (non-hydrogen) atoms. The number of hydrogen-bond acceptors (Lipinski definition) is 2. The first kappa shape index (κ1) is 14.0. The van der Waals surface area contributed by atoms with Gasteiger partial charge in [-0.1, -0.05) is 12.1 Å². The monoisotopic (exact) mass is 235 g/mol. The second-order valence-electron chi connectivity index (χ2n) is 5.36. The molecule has 0 aliphatic heterocycles. The van der Waals surface area contributed by atoms with Crippen molar-refractivity contribution in [3.05, 3.63) is 29.8 Å². The van der Waals surface area contributed by atoms with Crippen molar-refractivity contribution in [1.29, 1.82) is 0 Å². The second-order valence-corrected chi connectivity index (χ2v) is 5.36. The van der Waals surface area contributed by atoms with Crippen LogP contribution in [0.3, 0.4) is 0 Å². The molecule has 1 aromatic carbocycles. The molecule has 0 saturated carbocycles. The van der Waals surface area contributed by atoms with Crippen LogP contribution in [-0.4, -0.2) is 18.7 Å². The van der Waals surface area contributed by atoms with Gasteiger partial charge in [-0.05, 0) is 64.8 Å². The summed E-state index contributed by atoms with van der Waals surface area (Å²) in [5.74, 6) is 0.962. The van der Waals surface area contributed by atoms with Crippen molar-refractivity contribution in [2.75, 3.05) is 13.2 Å². The molecule has 0 radical (unpaired) electrons. The lowest BCUT2D eigenvalue weighted by Gasteiger charge is -2.20. The molecule has 96 valence electrons. The Labute approximate surface area is 105 Å². The van der Waals surface area contributed by atoms with Crippen molar-refractivity contribution in [2.24, 2.45) is 0 Å². The number of hydrogen-bond donors (Lipinski definition) is 1. The standard InChI is InChI=1S/C15H25NO/c1-5-17-14-10-8-13(9-11-14)7-6-12-16-15(2,3)4/h8-11,16H,5-7,12H2,1-4H3. The highest BCUT2D eigenvalue weighted by Crippen LogP contribution is 2.13. The van der Waals surface area contributed by atoms with E-state index in [0.29, 0.717) is 0 Å².